The summed E-state index contributed by atoms with van der Waals surface area (Å²) >= 11 is 0. The van der Waals surface area contributed by atoms with E-state index in [1.165, 1.54) is 5.52 Å². The van der Waals surface area contributed by atoms with Crippen molar-refractivity contribution >= 4 is 16.6 Å². The Hall–Kier alpha value is -2.09. The lowest BCUT2D eigenvalue weighted by atomic mass is 10.1. The van der Waals surface area contributed by atoms with Crippen LogP contribution in [0.4, 0.5) is 0 Å². The van der Waals surface area contributed by atoms with Crippen LogP contribution in [0.3, 0.4) is 0 Å². The van der Waals surface area contributed by atoms with E-state index < -0.39 is 0 Å². The Morgan fingerprint density at radius 2 is 2.15 bits per heavy atom. The maximum Gasteiger partial charge on any atom is 0.141 e. The van der Waals surface area contributed by atoms with Crippen LogP contribution in [-0.2, 0) is 0 Å². The summed E-state index contributed by atoms with van der Waals surface area (Å²) in [5.74, 6) is 1.01. The third kappa shape index (κ3) is 2.60. The highest BCUT2D eigenvalue weighted by Gasteiger charge is 2.16. The van der Waals surface area contributed by atoms with Gasteiger partial charge in [0.1, 0.15) is 5.82 Å². The van der Waals surface area contributed by atoms with E-state index in [0.717, 1.165) is 23.3 Å². The van der Waals surface area contributed by atoms with E-state index in [1.807, 2.05) is 31.2 Å². The third-order valence-corrected chi connectivity index (χ3v) is 3.53. The van der Waals surface area contributed by atoms with Gasteiger partial charge in [0.2, 0.25) is 0 Å². The third-order valence-electron chi connectivity index (χ3n) is 3.53. The van der Waals surface area contributed by atoms with E-state index >= 15 is 0 Å². The number of imidazole rings is 1. The molecule has 1 unspecified atom stereocenters. The summed E-state index contributed by atoms with van der Waals surface area (Å²) in [6.45, 7) is 10.3. The van der Waals surface area contributed by atoms with E-state index in [-0.39, 0.29) is 0 Å². The number of nitrogens with zero attached hydrogens (tertiary/aromatic N) is 2. The topological polar surface area (TPSA) is 17.8 Å². The summed E-state index contributed by atoms with van der Waals surface area (Å²) in [5.41, 5.74) is 3.33. The molecule has 1 aromatic carbocycles. The molecule has 0 radical (unpaired) electrons. The van der Waals surface area contributed by atoms with Gasteiger partial charge in [-0.3, -0.25) is 0 Å². The number of rotatable bonds is 5. The second-order valence-corrected chi connectivity index (χ2v) is 4.91. The van der Waals surface area contributed by atoms with Crippen molar-refractivity contribution in [3.05, 3.63) is 61.0 Å². The number of para-hydroxylation sites is 2. The predicted octanol–water partition coefficient (Wildman–Crippen LogP) is 5.15. The average Bonchev–Trinajstić information content (AvgIpc) is 2.85. The van der Waals surface area contributed by atoms with Crippen LogP contribution >= 0.6 is 0 Å². The lowest BCUT2D eigenvalue weighted by Crippen LogP contribution is -2.07. The first-order chi connectivity index (χ1) is 9.72. The summed E-state index contributed by atoms with van der Waals surface area (Å²) in [7, 11) is 0. The SMILES string of the molecule is C=C/C=C(\C=C/C)c1nc2ccccc2n1C(C)CC. The van der Waals surface area contributed by atoms with E-state index in [2.05, 4.69) is 49.3 Å². The fourth-order valence-electron chi connectivity index (χ4n) is 2.39. The van der Waals surface area contributed by atoms with Gasteiger partial charge < -0.3 is 4.57 Å². The minimum absolute atomic E-state index is 0.413. The van der Waals surface area contributed by atoms with Gasteiger partial charge in [0, 0.05) is 11.6 Å². The molecule has 1 atom stereocenters. The molecule has 2 heteroatoms. The molecule has 2 nitrogen and oxygen atoms in total. The summed E-state index contributed by atoms with van der Waals surface area (Å²) in [5, 5.41) is 0. The summed E-state index contributed by atoms with van der Waals surface area (Å²) in [6.07, 6.45) is 9.03. The number of allylic oxidation sites excluding steroid dienone is 5. The maximum atomic E-state index is 4.81. The van der Waals surface area contributed by atoms with Crippen molar-refractivity contribution in [3.63, 3.8) is 0 Å². The monoisotopic (exact) mass is 266 g/mol. The quantitative estimate of drug-likeness (QED) is 0.684. The Bertz CT molecular complexity index is 659. The van der Waals surface area contributed by atoms with Crippen LogP contribution in [0.1, 0.15) is 39.1 Å². The molecule has 2 aromatic rings. The highest BCUT2D eigenvalue weighted by Crippen LogP contribution is 2.27. The van der Waals surface area contributed by atoms with Gasteiger partial charge in [0.15, 0.2) is 0 Å². The van der Waals surface area contributed by atoms with Gasteiger partial charge in [0.25, 0.3) is 0 Å². The first kappa shape index (κ1) is 14.3. The Balaban J connectivity index is 2.74. The van der Waals surface area contributed by atoms with Crippen molar-refractivity contribution in [1.29, 1.82) is 0 Å². The van der Waals surface area contributed by atoms with Gasteiger partial charge in [-0.25, -0.2) is 4.98 Å². The average molecular weight is 266 g/mol. The molecular formula is C18H22N2. The molecule has 104 valence electrons. The second kappa shape index (κ2) is 6.38. The first-order valence-electron chi connectivity index (χ1n) is 7.15. The van der Waals surface area contributed by atoms with Crippen LogP contribution in [0.25, 0.3) is 16.6 Å². The minimum atomic E-state index is 0.413. The molecule has 1 heterocycles. The molecule has 0 spiro atoms. The van der Waals surface area contributed by atoms with Gasteiger partial charge in [0.05, 0.1) is 11.0 Å². The highest BCUT2D eigenvalue weighted by atomic mass is 15.1. The zero-order chi connectivity index (χ0) is 14.5. The van der Waals surface area contributed by atoms with Crippen LogP contribution in [-0.4, -0.2) is 9.55 Å². The summed E-state index contributed by atoms with van der Waals surface area (Å²) in [4.78, 5) is 4.81. The lowest BCUT2D eigenvalue weighted by molar-refractivity contribution is 0.540. The molecule has 2 rings (SSSR count). The van der Waals surface area contributed by atoms with Crippen LogP contribution in [0.2, 0.25) is 0 Å². The standard InChI is InChI=1S/C18H22N2/c1-5-10-15(11-6-2)18-19-16-12-8-9-13-17(16)20(18)14(4)7-3/h5-6,8-14H,1,7H2,2-4H3/b11-6-,15-10+. The largest absolute Gasteiger partial charge is 0.321 e. The Morgan fingerprint density at radius 3 is 2.80 bits per heavy atom. The van der Waals surface area contributed by atoms with E-state index in [9.17, 15) is 0 Å². The Morgan fingerprint density at radius 1 is 1.40 bits per heavy atom. The van der Waals surface area contributed by atoms with Gasteiger partial charge >= 0.3 is 0 Å². The van der Waals surface area contributed by atoms with Crippen LogP contribution < -0.4 is 0 Å². The molecule has 0 N–H and O–H groups in total. The predicted molar refractivity (Wildman–Crippen MR) is 87.7 cm³/mol. The Kier molecular flexibility index (Phi) is 4.57. The van der Waals surface area contributed by atoms with Crippen molar-refractivity contribution in [2.75, 3.05) is 0 Å². The zero-order valence-electron chi connectivity index (χ0n) is 12.5. The number of benzene rings is 1. The van der Waals surface area contributed by atoms with Crippen LogP contribution in [0.5, 0.6) is 0 Å². The van der Waals surface area contributed by atoms with E-state index in [1.54, 1.807) is 0 Å². The van der Waals surface area contributed by atoms with Crippen LogP contribution in [0.15, 0.2) is 55.1 Å². The highest BCUT2D eigenvalue weighted by molar-refractivity contribution is 5.82. The fraction of sp³-hybridized carbons (Fsp3) is 0.278. The number of fused-ring (bicyclic) bond motifs is 1. The molecule has 20 heavy (non-hydrogen) atoms. The molecule has 0 aliphatic heterocycles. The second-order valence-electron chi connectivity index (χ2n) is 4.91. The van der Waals surface area contributed by atoms with Crippen LogP contribution in [0, 0.1) is 0 Å². The smallest absolute Gasteiger partial charge is 0.141 e. The van der Waals surface area contributed by atoms with Crippen molar-refractivity contribution in [1.82, 2.24) is 9.55 Å². The maximum absolute atomic E-state index is 4.81. The van der Waals surface area contributed by atoms with Gasteiger partial charge in [-0.05, 0) is 32.4 Å². The van der Waals surface area contributed by atoms with Crippen molar-refractivity contribution < 1.29 is 0 Å². The van der Waals surface area contributed by atoms with Crippen molar-refractivity contribution in [3.8, 4) is 0 Å². The van der Waals surface area contributed by atoms with Gasteiger partial charge in [-0.15, -0.1) is 0 Å². The first-order valence-corrected chi connectivity index (χ1v) is 7.15. The van der Waals surface area contributed by atoms with Gasteiger partial charge in [-0.2, -0.15) is 0 Å². The number of hydrogen-bond donors (Lipinski definition) is 0. The molecule has 0 saturated heterocycles. The summed E-state index contributed by atoms with van der Waals surface area (Å²) < 4.78 is 2.32. The molecule has 0 amide bonds. The zero-order valence-corrected chi connectivity index (χ0v) is 12.5. The summed E-state index contributed by atoms with van der Waals surface area (Å²) in [6, 6.07) is 8.72. The Labute approximate surface area is 121 Å². The van der Waals surface area contributed by atoms with Crippen molar-refractivity contribution in [2.24, 2.45) is 0 Å². The van der Waals surface area contributed by atoms with E-state index in [0.29, 0.717) is 6.04 Å². The van der Waals surface area contributed by atoms with E-state index in [4.69, 9.17) is 4.98 Å². The molecular weight excluding hydrogens is 244 g/mol. The molecule has 0 bridgehead atoms. The molecule has 0 fully saturated rings. The van der Waals surface area contributed by atoms with Crippen molar-refractivity contribution in [2.45, 2.75) is 33.2 Å². The normalized spacial score (nSPS) is 14.1. The fourth-order valence-corrected chi connectivity index (χ4v) is 2.39. The van der Waals surface area contributed by atoms with Gasteiger partial charge in [-0.1, -0.05) is 49.9 Å². The molecule has 1 aromatic heterocycles. The number of hydrogen-bond acceptors (Lipinski definition) is 1. The number of aromatic nitrogens is 2. The molecule has 0 aliphatic carbocycles. The molecule has 0 aliphatic rings. The minimum Gasteiger partial charge on any atom is -0.321 e. The molecule has 0 saturated carbocycles. The lowest BCUT2D eigenvalue weighted by Gasteiger charge is -2.16.